The zero-order valence-corrected chi connectivity index (χ0v) is 19.4. The first-order valence-corrected chi connectivity index (χ1v) is 11.2. The van der Waals surface area contributed by atoms with Crippen molar-refractivity contribution in [2.75, 3.05) is 19.5 Å². The summed E-state index contributed by atoms with van der Waals surface area (Å²) in [6.45, 7) is 0. The number of aromatic nitrogens is 3. The average Bonchev–Trinajstić information content (AvgIpc) is 3.20. The summed E-state index contributed by atoms with van der Waals surface area (Å²) in [7, 11) is 3.30. The van der Waals surface area contributed by atoms with Crippen LogP contribution in [0.5, 0.6) is 11.5 Å². The van der Waals surface area contributed by atoms with Gasteiger partial charge in [0.05, 0.1) is 36.5 Å². The molecule has 0 saturated carbocycles. The molecule has 162 valence electrons. The SMILES string of the molecule is COc1ccc(C2CC(c3ccccn3)Nc3c(Br)c(-c4ccccc4)nn32)cc1OC. The maximum Gasteiger partial charge on any atom is 0.161 e. The summed E-state index contributed by atoms with van der Waals surface area (Å²) in [4.78, 5) is 4.61. The fourth-order valence-electron chi connectivity index (χ4n) is 4.21. The van der Waals surface area contributed by atoms with Gasteiger partial charge in [0.25, 0.3) is 0 Å². The zero-order valence-electron chi connectivity index (χ0n) is 17.8. The van der Waals surface area contributed by atoms with Gasteiger partial charge in [-0.05, 0) is 52.2 Å². The van der Waals surface area contributed by atoms with Crippen molar-refractivity contribution in [3.8, 4) is 22.8 Å². The molecule has 1 aliphatic rings. The van der Waals surface area contributed by atoms with Gasteiger partial charge in [0.15, 0.2) is 11.5 Å². The first-order valence-electron chi connectivity index (χ1n) is 10.4. The molecule has 0 bridgehead atoms. The largest absolute Gasteiger partial charge is 0.493 e. The monoisotopic (exact) mass is 490 g/mol. The van der Waals surface area contributed by atoms with E-state index in [2.05, 4.69) is 55.2 Å². The summed E-state index contributed by atoms with van der Waals surface area (Å²) in [6.07, 6.45) is 2.63. The third-order valence-corrected chi connectivity index (χ3v) is 6.55. The Labute approximate surface area is 195 Å². The molecule has 2 aromatic heterocycles. The van der Waals surface area contributed by atoms with E-state index < -0.39 is 0 Å². The number of ether oxygens (including phenoxy) is 2. The van der Waals surface area contributed by atoms with Crippen LogP contribution >= 0.6 is 15.9 Å². The van der Waals surface area contributed by atoms with Crippen molar-refractivity contribution in [3.63, 3.8) is 0 Å². The van der Waals surface area contributed by atoms with E-state index in [0.29, 0.717) is 11.5 Å². The average molecular weight is 491 g/mol. The van der Waals surface area contributed by atoms with Gasteiger partial charge in [0.1, 0.15) is 11.5 Å². The lowest BCUT2D eigenvalue weighted by atomic mass is 9.95. The second kappa shape index (κ2) is 8.67. The Morgan fingerprint density at radius 2 is 1.75 bits per heavy atom. The Morgan fingerprint density at radius 3 is 2.47 bits per heavy atom. The van der Waals surface area contributed by atoms with Gasteiger partial charge >= 0.3 is 0 Å². The summed E-state index contributed by atoms with van der Waals surface area (Å²) in [5.74, 6) is 2.35. The quantitative estimate of drug-likeness (QED) is 0.378. The smallest absolute Gasteiger partial charge is 0.161 e. The number of anilines is 1. The molecule has 0 radical (unpaired) electrons. The van der Waals surface area contributed by atoms with Crippen LogP contribution in [-0.2, 0) is 0 Å². The van der Waals surface area contributed by atoms with Crippen molar-refractivity contribution in [2.45, 2.75) is 18.5 Å². The molecule has 6 nitrogen and oxygen atoms in total. The summed E-state index contributed by atoms with van der Waals surface area (Å²) >= 11 is 3.81. The Morgan fingerprint density at radius 1 is 0.969 bits per heavy atom. The number of fused-ring (bicyclic) bond motifs is 1. The lowest BCUT2D eigenvalue weighted by Crippen LogP contribution is -2.28. The van der Waals surface area contributed by atoms with E-state index in [0.717, 1.165) is 39.2 Å². The first-order chi connectivity index (χ1) is 15.7. The number of nitrogens with zero attached hydrogens (tertiary/aromatic N) is 3. The van der Waals surface area contributed by atoms with Gasteiger partial charge in [-0.3, -0.25) is 4.98 Å². The molecule has 32 heavy (non-hydrogen) atoms. The van der Waals surface area contributed by atoms with Crippen LogP contribution in [0.25, 0.3) is 11.3 Å². The molecule has 2 atom stereocenters. The minimum Gasteiger partial charge on any atom is -0.493 e. The van der Waals surface area contributed by atoms with Crippen molar-refractivity contribution in [2.24, 2.45) is 0 Å². The van der Waals surface area contributed by atoms with Crippen molar-refractivity contribution in [1.82, 2.24) is 14.8 Å². The second-order valence-electron chi connectivity index (χ2n) is 7.64. The Kier molecular flexibility index (Phi) is 5.57. The van der Waals surface area contributed by atoms with Crippen LogP contribution in [0.2, 0.25) is 0 Å². The van der Waals surface area contributed by atoms with Crippen LogP contribution in [-0.4, -0.2) is 29.0 Å². The topological polar surface area (TPSA) is 61.2 Å². The number of hydrogen-bond donors (Lipinski definition) is 1. The maximum absolute atomic E-state index is 5.57. The van der Waals surface area contributed by atoms with E-state index in [1.54, 1.807) is 14.2 Å². The van der Waals surface area contributed by atoms with E-state index in [-0.39, 0.29) is 12.1 Å². The molecular formula is C25H23BrN4O2. The normalized spacial score (nSPS) is 17.3. The molecular weight excluding hydrogens is 468 g/mol. The van der Waals surface area contributed by atoms with Crippen molar-refractivity contribution in [1.29, 1.82) is 0 Å². The summed E-state index contributed by atoms with van der Waals surface area (Å²) < 4.78 is 14.0. The highest BCUT2D eigenvalue weighted by Gasteiger charge is 2.33. The minimum absolute atomic E-state index is 0.00757. The fraction of sp³-hybridized carbons (Fsp3) is 0.200. The highest BCUT2D eigenvalue weighted by molar-refractivity contribution is 9.10. The third-order valence-electron chi connectivity index (χ3n) is 5.80. The highest BCUT2D eigenvalue weighted by atomic mass is 79.9. The fourth-order valence-corrected chi connectivity index (χ4v) is 4.82. The van der Waals surface area contributed by atoms with E-state index >= 15 is 0 Å². The van der Waals surface area contributed by atoms with Crippen LogP contribution in [0.4, 0.5) is 5.82 Å². The van der Waals surface area contributed by atoms with E-state index in [1.807, 2.05) is 48.7 Å². The van der Waals surface area contributed by atoms with Crippen molar-refractivity contribution >= 4 is 21.7 Å². The van der Waals surface area contributed by atoms with E-state index in [4.69, 9.17) is 14.6 Å². The van der Waals surface area contributed by atoms with Gasteiger partial charge in [-0.15, -0.1) is 0 Å². The highest BCUT2D eigenvalue weighted by Crippen LogP contribution is 2.45. The van der Waals surface area contributed by atoms with Crippen molar-refractivity contribution in [3.05, 3.63) is 88.7 Å². The van der Waals surface area contributed by atoms with Gasteiger partial charge < -0.3 is 14.8 Å². The molecule has 7 heteroatoms. The number of nitrogens with one attached hydrogen (secondary N) is 1. The molecule has 4 aromatic rings. The molecule has 0 aliphatic carbocycles. The van der Waals surface area contributed by atoms with Crippen molar-refractivity contribution < 1.29 is 9.47 Å². The molecule has 2 aromatic carbocycles. The third kappa shape index (κ3) is 3.62. The Bertz CT molecular complexity index is 1230. The summed E-state index contributed by atoms with van der Waals surface area (Å²) in [6, 6.07) is 22.3. The predicted molar refractivity (Wildman–Crippen MR) is 128 cm³/mol. The molecule has 1 N–H and O–H groups in total. The van der Waals surface area contributed by atoms with Crippen LogP contribution < -0.4 is 14.8 Å². The lowest BCUT2D eigenvalue weighted by Gasteiger charge is -2.32. The van der Waals surface area contributed by atoms with Crippen LogP contribution in [0, 0.1) is 0 Å². The predicted octanol–water partition coefficient (Wildman–Crippen LogP) is 5.87. The number of benzene rings is 2. The summed E-state index contributed by atoms with van der Waals surface area (Å²) in [5, 5.41) is 8.68. The Hall–Kier alpha value is -3.32. The van der Waals surface area contributed by atoms with Gasteiger partial charge in [-0.25, -0.2) is 4.68 Å². The molecule has 3 heterocycles. The number of hydrogen-bond acceptors (Lipinski definition) is 5. The van der Waals surface area contributed by atoms with Crippen LogP contribution in [0.15, 0.2) is 77.4 Å². The summed E-state index contributed by atoms with van der Waals surface area (Å²) in [5.41, 5.74) is 4.06. The Balaban J connectivity index is 1.65. The van der Waals surface area contributed by atoms with E-state index in [1.165, 1.54) is 0 Å². The lowest BCUT2D eigenvalue weighted by molar-refractivity contribution is 0.352. The van der Waals surface area contributed by atoms with Crippen LogP contribution in [0.3, 0.4) is 0 Å². The number of halogens is 1. The number of rotatable bonds is 5. The van der Waals surface area contributed by atoms with Gasteiger partial charge in [0, 0.05) is 11.8 Å². The second-order valence-corrected chi connectivity index (χ2v) is 8.43. The molecule has 0 amide bonds. The molecule has 5 rings (SSSR count). The van der Waals surface area contributed by atoms with E-state index in [9.17, 15) is 0 Å². The molecule has 2 unspecified atom stereocenters. The molecule has 0 saturated heterocycles. The molecule has 1 aliphatic heterocycles. The molecule has 0 spiro atoms. The van der Waals surface area contributed by atoms with Gasteiger partial charge in [-0.2, -0.15) is 5.10 Å². The van der Waals surface area contributed by atoms with Gasteiger partial charge in [0.2, 0.25) is 0 Å². The maximum atomic E-state index is 5.57. The number of pyridine rings is 1. The number of methoxy groups -OCH3 is 2. The van der Waals surface area contributed by atoms with Gasteiger partial charge in [-0.1, -0.05) is 42.5 Å². The minimum atomic E-state index is -0.00757. The zero-order chi connectivity index (χ0) is 22.1. The molecule has 0 fully saturated rings. The van der Waals surface area contributed by atoms with Crippen LogP contribution in [0.1, 0.15) is 29.8 Å². The first kappa shape index (κ1) is 20.6. The standard InChI is InChI=1S/C25H23BrN4O2/c1-31-21-12-11-17(14-22(21)32-2)20-15-19(18-10-6-7-13-27-18)28-25-23(26)24(29-30(20)25)16-8-4-3-5-9-16/h3-14,19-20,28H,15H2,1-2H3.